The topological polar surface area (TPSA) is 66.4 Å². The Kier molecular flexibility index (Phi) is 2.93. The highest BCUT2D eigenvalue weighted by Gasteiger charge is 2.41. The van der Waals surface area contributed by atoms with Gasteiger partial charge in [0.2, 0.25) is 5.91 Å². The van der Waals surface area contributed by atoms with Gasteiger partial charge in [0.25, 0.3) is 0 Å². The maximum absolute atomic E-state index is 11.6. The van der Waals surface area contributed by atoms with Crippen LogP contribution in [0.2, 0.25) is 0 Å². The number of amides is 1. The zero-order chi connectivity index (χ0) is 10.8. The summed E-state index contributed by atoms with van der Waals surface area (Å²) in [4.78, 5) is 22.3. The van der Waals surface area contributed by atoms with Crippen LogP contribution in [0.15, 0.2) is 0 Å². The van der Waals surface area contributed by atoms with Gasteiger partial charge in [-0.25, -0.2) is 0 Å². The van der Waals surface area contributed by atoms with Crippen molar-refractivity contribution in [1.29, 1.82) is 0 Å². The largest absolute Gasteiger partial charge is 0.481 e. The SMILES string of the molecule is O=C(O)C1CCC1C(=O)NCC1CCC1. The molecule has 0 aromatic carbocycles. The number of carbonyl (C=O) groups excluding carboxylic acids is 1. The second-order valence-corrected chi connectivity index (χ2v) is 4.67. The van der Waals surface area contributed by atoms with Gasteiger partial charge in [0.15, 0.2) is 0 Å². The van der Waals surface area contributed by atoms with E-state index in [-0.39, 0.29) is 11.8 Å². The minimum atomic E-state index is -0.829. The molecule has 2 saturated carbocycles. The molecule has 4 nitrogen and oxygen atoms in total. The number of hydrogen-bond donors (Lipinski definition) is 2. The third-order valence-corrected chi connectivity index (χ3v) is 3.72. The van der Waals surface area contributed by atoms with Crippen LogP contribution in [-0.4, -0.2) is 23.5 Å². The van der Waals surface area contributed by atoms with E-state index in [2.05, 4.69) is 5.32 Å². The lowest BCUT2D eigenvalue weighted by Crippen LogP contribution is -2.45. The highest BCUT2D eigenvalue weighted by Crippen LogP contribution is 2.34. The van der Waals surface area contributed by atoms with Crippen molar-refractivity contribution in [3.63, 3.8) is 0 Å². The Balaban J connectivity index is 1.73. The molecule has 0 aromatic rings. The molecule has 0 aromatic heterocycles. The summed E-state index contributed by atoms with van der Waals surface area (Å²) in [6.07, 6.45) is 5.05. The van der Waals surface area contributed by atoms with Crippen molar-refractivity contribution in [2.24, 2.45) is 17.8 Å². The zero-order valence-electron chi connectivity index (χ0n) is 8.74. The van der Waals surface area contributed by atoms with Crippen LogP contribution < -0.4 is 5.32 Å². The van der Waals surface area contributed by atoms with Crippen molar-refractivity contribution in [2.75, 3.05) is 6.54 Å². The van der Waals surface area contributed by atoms with Crippen LogP contribution in [0.5, 0.6) is 0 Å². The first-order valence-corrected chi connectivity index (χ1v) is 5.69. The number of carbonyl (C=O) groups is 2. The lowest BCUT2D eigenvalue weighted by molar-refractivity contribution is -0.152. The summed E-state index contributed by atoms with van der Waals surface area (Å²) in [5, 5.41) is 11.7. The van der Waals surface area contributed by atoms with E-state index in [4.69, 9.17) is 5.11 Å². The molecule has 0 heterocycles. The number of nitrogens with one attached hydrogen (secondary N) is 1. The first-order chi connectivity index (χ1) is 7.18. The van der Waals surface area contributed by atoms with E-state index in [0.29, 0.717) is 12.3 Å². The molecule has 0 bridgehead atoms. The first kappa shape index (κ1) is 10.5. The van der Waals surface area contributed by atoms with Gasteiger partial charge in [-0.3, -0.25) is 9.59 Å². The smallest absolute Gasteiger partial charge is 0.307 e. The van der Waals surface area contributed by atoms with Crippen LogP contribution >= 0.6 is 0 Å². The molecule has 2 unspecified atom stereocenters. The highest BCUT2D eigenvalue weighted by molar-refractivity contribution is 5.86. The predicted molar refractivity (Wildman–Crippen MR) is 54.2 cm³/mol. The van der Waals surface area contributed by atoms with Gasteiger partial charge in [-0.1, -0.05) is 6.42 Å². The van der Waals surface area contributed by atoms with Gasteiger partial charge in [-0.15, -0.1) is 0 Å². The molecule has 2 N–H and O–H groups in total. The summed E-state index contributed by atoms with van der Waals surface area (Å²) in [5.41, 5.74) is 0. The summed E-state index contributed by atoms with van der Waals surface area (Å²) in [6, 6.07) is 0. The fraction of sp³-hybridized carbons (Fsp3) is 0.818. The van der Waals surface area contributed by atoms with Gasteiger partial charge in [-0.05, 0) is 31.6 Å². The fourth-order valence-corrected chi connectivity index (χ4v) is 2.18. The third-order valence-electron chi connectivity index (χ3n) is 3.72. The Labute approximate surface area is 89.0 Å². The van der Waals surface area contributed by atoms with Crippen LogP contribution in [0.25, 0.3) is 0 Å². The Morgan fingerprint density at radius 2 is 1.80 bits per heavy atom. The molecule has 15 heavy (non-hydrogen) atoms. The van der Waals surface area contributed by atoms with Crippen molar-refractivity contribution >= 4 is 11.9 Å². The van der Waals surface area contributed by atoms with Gasteiger partial charge >= 0.3 is 5.97 Å². The minimum absolute atomic E-state index is 0.0550. The van der Waals surface area contributed by atoms with Gasteiger partial charge < -0.3 is 10.4 Å². The van der Waals surface area contributed by atoms with Crippen molar-refractivity contribution < 1.29 is 14.7 Å². The van der Waals surface area contributed by atoms with Crippen LogP contribution in [0.3, 0.4) is 0 Å². The molecule has 0 aliphatic heterocycles. The summed E-state index contributed by atoms with van der Waals surface area (Å²) in [5.74, 6) is -0.961. The molecule has 1 amide bonds. The van der Waals surface area contributed by atoms with Gasteiger partial charge in [0, 0.05) is 6.54 Å². The molecular weight excluding hydrogens is 194 g/mol. The fourth-order valence-electron chi connectivity index (χ4n) is 2.18. The Morgan fingerprint density at radius 1 is 1.13 bits per heavy atom. The molecule has 0 saturated heterocycles. The quantitative estimate of drug-likeness (QED) is 0.729. The monoisotopic (exact) mass is 211 g/mol. The average Bonchev–Trinajstić information content (AvgIpc) is 1.97. The Morgan fingerprint density at radius 3 is 2.20 bits per heavy atom. The van der Waals surface area contributed by atoms with E-state index in [0.717, 1.165) is 13.0 Å². The van der Waals surface area contributed by atoms with E-state index >= 15 is 0 Å². The molecule has 84 valence electrons. The van der Waals surface area contributed by atoms with Gasteiger partial charge in [-0.2, -0.15) is 0 Å². The van der Waals surface area contributed by atoms with Gasteiger partial charge in [0.1, 0.15) is 0 Å². The van der Waals surface area contributed by atoms with Crippen LogP contribution in [0.1, 0.15) is 32.1 Å². The molecule has 2 fully saturated rings. The van der Waals surface area contributed by atoms with E-state index in [1.807, 2.05) is 0 Å². The predicted octanol–water partition coefficient (Wildman–Crippen LogP) is 1.01. The molecule has 2 rings (SSSR count). The summed E-state index contributed by atoms with van der Waals surface area (Å²) < 4.78 is 0. The molecule has 2 aliphatic carbocycles. The van der Waals surface area contributed by atoms with Crippen LogP contribution in [-0.2, 0) is 9.59 Å². The number of rotatable bonds is 4. The summed E-state index contributed by atoms with van der Waals surface area (Å²) in [7, 11) is 0. The second kappa shape index (κ2) is 4.21. The van der Waals surface area contributed by atoms with Crippen molar-refractivity contribution in [1.82, 2.24) is 5.32 Å². The summed E-state index contributed by atoms with van der Waals surface area (Å²) in [6.45, 7) is 0.738. The second-order valence-electron chi connectivity index (χ2n) is 4.67. The molecule has 0 spiro atoms. The number of hydrogen-bond acceptors (Lipinski definition) is 2. The van der Waals surface area contributed by atoms with E-state index < -0.39 is 11.9 Å². The minimum Gasteiger partial charge on any atom is -0.481 e. The maximum Gasteiger partial charge on any atom is 0.307 e. The summed E-state index contributed by atoms with van der Waals surface area (Å²) >= 11 is 0. The molecule has 2 atom stereocenters. The highest BCUT2D eigenvalue weighted by atomic mass is 16.4. The molecule has 4 heteroatoms. The van der Waals surface area contributed by atoms with Gasteiger partial charge in [0.05, 0.1) is 11.8 Å². The van der Waals surface area contributed by atoms with Crippen molar-refractivity contribution in [2.45, 2.75) is 32.1 Å². The van der Waals surface area contributed by atoms with E-state index in [9.17, 15) is 9.59 Å². The van der Waals surface area contributed by atoms with Crippen LogP contribution in [0, 0.1) is 17.8 Å². The molecule has 2 aliphatic rings. The Hall–Kier alpha value is -1.06. The third kappa shape index (κ3) is 2.13. The number of aliphatic carboxylic acids is 1. The maximum atomic E-state index is 11.6. The normalized spacial score (nSPS) is 30.1. The standard InChI is InChI=1S/C11H17NO3/c13-10(12-6-7-2-1-3-7)8-4-5-9(8)11(14)15/h7-9H,1-6H2,(H,12,13)(H,14,15). The number of carboxylic acids is 1. The molecule has 0 radical (unpaired) electrons. The lowest BCUT2D eigenvalue weighted by Gasteiger charge is -2.33. The van der Waals surface area contributed by atoms with E-state index in [1.165, 1.54) is 19.3 Å². The zero-order valence-corrected chi connectivity index (χ0v) is 8.74. The number of carboxylic acid groups (broad SMARTS) is 1. The first-order valence-electron chi connectivity index (χ1n) is 5.69. The van der Waals surface area contributed by atoms with Crippen molar-refractivity contribution in [3.8, 4) is 0 Å². The van der Waals surface area contributed by atoms with Crippen LogP contribution in [0.4, 0.5) is 0 Å². The Bertz CT molecular complexity index is 273. The van der Waals surface area contributed by atoms with E-state index in [1.54, 1.807) is 0 Å². The average molecular weight is 211 g/mol. The van der Waals surface area contributed by atoms with Crippen molar-refractivity contribution in [3.05, 3.63) is 0 Å². The lowest BCUT2D eigenvalue weighted by atomic mass is 9.73. The molecular formula is C11H17NO3.